The van der Waals surface area contributed by atoms with Crippen molar-refractivity contribution in [3.05, 3.63) is 0 Å². The van der Waals surface area contributed by atoms with Crippen LogP contribution in [0.25, 0.3) is 0 Å². The van der Waals surface area contributed by atoms with Gasteiger partial charge in [-0.05, 0) is 0 Å². The van der Waals surface area contributed by atoms with E-state index < -0.39 is 9.05 Å². The van der Waals surface area contributed by atoms with E-state index in [4.69, 9.17) is 19.2 Å². The Morgan fingerprint density at radius 3 is 1.00 bits per heavy atom. The van der Waals surface area contributed by atoms with Gasteiger partial charge in [0.1, 0.15) is 0 Å². The standard InChI is InChI=1S/Fe.H4O4Si.Sr.2H/c;1-5(2,3)4;;;/h;1-4H;;;/q;;+2;2*-1. The van der Waals surface area contributed by atoms with Crippen molar-refractivity contribution in [3.8, 4) is 0 Å². The summed E-state index contributed by atoms with van der Waals surface area (Å²) in [6, 6.07) is 0. The predicted octanol–water partition coefficient (Wildman–Crippen LogP) is -2.77. The zero-order valence-corrected chi connectivity index (χ0v) is 8.93. The van der Waals surface area contributed by atoms with Crippen molar-refractivity contribution < 1.29 is 39.1 Å². The van der Waals surface area contributed by atoms with Crippen molar-refractivity contribution in [1.82, 2.24) is 0 Å². The van der Waals surface area contributed by atoms with Gasteiger partial charge in [-0.15, -0.1) is 0 Å². The topological polar surface area (TPSA) is 80.9 Å². The molecule has 0 spiro atoms. The fourth-order valence-corrected chi connectivity index (χ4v) is 0. The Bertz CT molecular complexity index is 34.0. The monoisotopic (exact) mass is 242 g/mol. The van der Waals surface area contributed by atoms with E-state index in [1.807, 2.05) is 0 Å². The normalized spacial score (nSPS) is 8.57. The van der Waals surface area contributed by atoms with Crippen LogP contribution in [-0.4, -0.2) is 73.7 Å². The molecule has 4 nitrogen and oxygen atoms in total. The van der Waals surface area contributed by atoms with Gasteiger partial charge in [-0.1, -0.05) is 0 Å². The van der Waals surface area contributed by atoms with Gasteiger partial charge in [-0.25, -0.2) is 0 Å². The summed E-state index contributed by atoms with van der Waals surface area (Å²) < 4.78 is 0. The average molecular weight is 242 g/mol. The number of hydrogen-bond acceptors (Lipinski definition) is 4. The van der Waals surface area contributed by atoms with Gasteiger partial charge in [0.15, 0.2) is 0 Å². The smallest absolute Gasteiger partial charge is 1.00 e. The maximum absolute atomic E-state index is 7.33. The van der Waals surface area contributed by atoms with Crippen LogP contribution in [0.5, 0.6) is 0 Å². The summed E-state index contributed by atoms with van der Waals surface area (Å²) in [6.07, 6.45) is 0. The van der Waals surface area contributed by atoms with Gasteiger partial charge in [0.25, 0.3) is 0 Å². The molecule has 0 unspecified atom stereocenters. The van der Waals surface area contributed by atoms with E-state index in [0.29, 0.717) is 0 Å². The van der Waals surface area contributed by atoms with Crippen LogP contribution < -0.4 is 0 Å². The van der Waals surface area contributed by atoms with Gasteiger partial charge < -0.3 is 22.0 Å². The van der Waals surface area contributed by atoms with E-state index in [0.717, 1.165) is 0 Å². The van der Waals surface area contributed by atoms with E-state index in [1.54, 1.807) is 0 Å². The maximum Gasteiger partial charge on any atom is 2.00 e. The molecule has 0 aliphatic carbocycles. The Labute approximate surface area is 92.4 Å². The molecule has 0 aliphatic rings. The third-order valence-corrected chi connectivity index (χ3v) is 0. The zero-order valence-electron chi connectivity index (χ0n) is 5.35. The van der Waals surface area contributed by atoms with Crippen molar-refractivity contribution >= 4 is 54.5 Å². The molecule has 0 heterocycles. The average Bonchev–Trinajstić information content (AvgIpc) is 0.722. The Balaban J connectivity index is -0.0000000133. The molecule has 7 heavy (non-hydrogen) atoms. The van der Waals surface area contributed by atoms with Crippen LogP contribution in [0.15, 0.2) is 0 Å². The van der Waals surface area contributed by atoms with E-state index in [2.05, 4.69) is 0 Å². The quantitative estimate of drug-likeness (QED) is 0.346. The van der Waals surface area contributed by atoms with Crippen molar-refractivity contribution in [1.29, 1.82) is 0 Å². The van der Waals surface area contributed by atoms with Gasteiger partial charge in [-0.3, -0.25) is 0 Å². The van der Waals surface area contributed by atoms with Gasteiger partial charge >= 0.3 is 54.5 Å². The summed E-state index contributed by atoms with van der Waals surface area (Å²) in [7, 11) is -4.61. The molecule has 0 rings (SSSR count). The van der Waals surface area contributed by atoms with Crippen LogP contribution in [0.4, 0.5) is 0 Å². The first kappa shape index (κ1) is 16.0. The molecular formula is H6FeO4SiSr. The van der Waals surface area contributed by atoms with Crippen molar-refractivity contribution in [3.63, 3.8) is 0 Å². The van der Waals surface area contributed by atoms with Crippen molar-refractivity contribution in [2.75, 3.05) is 0 Å². The van der Waals surface area contributed by atoms with Crippen LogP contribution in [0.2, 0.25) is 0 Å². The van der Waals surface area contributed by atoms with E-state index in [-0.39, 0.29) is 65.4 Å². The first-order valence-electron chi connectivity index (χ1n) is 0.894. The number of hydrogen-bond donors (Lipinski definition) is 4. The van der Waals surface area contributed by atoms with Gasteiger partial charge in [-0.2, -0.15) is 0 Å². The Morgan fingerprint density at radius 1 is 1.00 bits per heavy atom. The zero-order chi connectivity index (χ0) is 4.50. The second-order valence-electron chi connectivity index (χ2n) is 0.600. The minimum atomic E-state index is -4.61. The third kappa shape index (κ3) is 69.9. The summed E-state index contributed by atoms with van der Waals surface area (Å²) in [4.78, 5) is 29.3. The van der Waals surface area contributed by atoms with Gasteiger partial charge in [0.05, 0.1) is 0 Å². The fourth-order valence-electron chi connectivity index (χ4n) is 0. The summed E-state index contributed by atoms with van der Waals surface area (Å²) in [5, 5.41) is 0. The van der Waals surface area contributed by atoms with Crippen LogP contribution in [0.1, 0.15) is 2.85 Å². The Morgan fingerprint density at radius 2 is 1.00 bits per heavy atom. The minimum Gasteiger partial charge on any atom is -1.00 e. The predicted molar refractivity (Wildman–Crippen MR) is 22.6 cm³/mol. The van der Waals surface area contributed by atoms with Crippen LogP contribution in [-0.2, 0) is 17.1 Å². The molecule has 0 fully saturated rings. The molecule has 0 aromatic carbocycles. The second kappa shape index (κ2) is 6.18. The van der Waals surface area contributed by atoms with E-state index in [1.165, 1.54) is 0 Å². The summed E-state index contributed by atoms with van der Waals surface area (Å²) in [5.74, 6) is 0. The van der Waals surface area contributed by atoms with Crippen molar-refractivity contribution in [2.45, 2.75) is 0 Å². The minimum absolute atomic E-state index is 0. The number of rotatable bonds is 0. The molecule has 0 saturated heterocycles. The molecule has 7 heteroatoms. The largest absolute Gasteiger partial charge is 2.00 e. The van der Waals surface area contributed by atoms with Crippen LogP contribution >= 0.6 is 0 Å². The summed E-state index contributed by atoms with van der Waals surface area (Å²) >= 11 is 0. The van der Waals surface area contributed by atoms with E-state index >= 15 is 0 Å². The molecule has 0 radical (unpaired) electrons. The fraction of sp³-hybridized carbons (Fsp3) is 0. The first-order valence-corrected chi connectivity index (χ1v) is 2.68. The molecule has 0 bridgehead atoms. The maximum atomic E-state index is 7.33. The summed E-state index contributed by atoms with van der Waals surface area (Å²) in [6.45, 7) is 0. The second-order valence-corrected chi connectivity index (χ2v) is 1.80. The molecule has 4 N–H and O–H groups in total. The SMILES string of the molecule is O[Si](O)(O)O.[Fe].[H-].[H-].[Sr+2]. The molecule has 44 valence electrons. The molecule has 0 amide bonds. The molecule has 0 aromatic heterocycles. The van der Waals surface area contributed by atoms with Crippen LogP contribution in [0, 0.1) is 0 Å². The first-order chi connectivity index (χ1) is 2.00. The third-order valence-electron chi connectivity index (χ3n) is 0. The summed E-state index contributed by atoms with van der Waals surface area (Å²) in [5.41, 5.74) is 0. The molecule has 0 aliphatic heterocycles. The van der Waals surface area contributed by atoms with Gasteiger partial charge in [0, 0.05) is 17.1 Å². The van der Waals surface area contributed by atoms with Crippen LogP contribution in [0.3, 0.4) is 0 Å². The Kier molecular flexibility index (Phi) is 14.2. The molecule has 0 atom stereocenters. The molecule has 0 aromatic rings. The molecular weight excluding hydrogens is 236 g/mol. The molecule has 0 saturated carbocycles. The Hall–Kier alpha value is 2.06. The van der Waals surface area contributed by atoms with Gasteiger partial charge in [0.2, 0.25) is 0 Å². The van der Waals surface area contributed by atoms with Crippen molar-refractivity contribution in [2.24, 2.45) is 0 Å². The van der Waals surface area contributed by atoms with E-state index in [9.17, 15) is 0 Å².